The van der Waals surface area contributed by atoms with Gasteiger partial charge in [-0.1, -0.05) is 41.9 Å². The number of hydrogen-bond acceptors (Lipinski definition) is 2. The van der Waals surface area contributed by atoms with Gasteiger partial charge in [-0.2, -0.15) is 12.6 Å². The molecule has 0 bridgehead atoms. The smallest absolute Gasteiger partial charge is 0.237 e. The molecule has 0 radical (unpaired) electrons. The first-order chi connectivity index (χ1) is 9.56. The summed E-state index contributed by atoms with van der Waals surface area (Å²) in [7, 11) is 0. The van der Waals surface area contributed by atoms with Gasteiger partial charge in [0.05, 0.1) is 10.3 Å². The number of nitrogens with one attached hydrogen (secondary N) is 1. The van der Waals surface area contributed by atoms with E-state index in [1.807, 2.05) is 30.3 Å². The molecule has 2 nitrogen and oxygen atoms in total. The molecule has 1 unspecified atom stereocenters. The maximum absolute atomic E-state index is 12.1. The SMILES string of the molecule is O=C(Nc1ccc(Br)c(Cl)c1)C(S)Cc1ccccc1. The van der Waals surface area contributed by atoms with Gasteiger partial charge in [0.1, 0.15) is 0 Å². The van der Waals surface area contributed by atoms with Crippen molar-refractivity contribution in [3.05, 3.63) is 63.6 Å². The number of rotatable bonds is 4. The summed E-state index contributed by atoms with van der Waals surface area (Å²) in [6, 6.07) is 15.1. The van der Waals surface area contributed by atoms with Crippen LogP contribution in [0.5, 0.6) is 0 Å². The maximum Gasteiger partial charge on any atom is 0.237 e. The highest BCUT2D eigenvalue weighted by Gasteiger charge is 2.15. The van der Waals surface area contributed by atoms with E-state index >= 15 is 0 Å². The van der Waals surface area contributed by atoms with Crippen molar-refractivity contribution in [3.8, 4) is 0 Å². The number of hydrogen-bond donors (Lipinski definition) is 2. The highest BCUT2D eigenvalue weighted by Crippen LogP contribution is 2.25. The predicted octanol–water partition coefficient (Wildman–Crippen LogP) is 4.58. The number of halogens is 2. The molecule has 1 atom stereocenters. The quantitative estimate of drug-likeness (QED) is 0.758. The lowest BCUT2D eigenvalue weighted by atomic mass is 10.1. The van der Waals surface area contributed by atoms with Gasteiger partial charge < -0.3 is 5.32 Å². The van der Waals surface area contributed by atoms with Crippen molar-refractivity contribution in [1.82, 2.24) is 0 Å². The van der Waals surface area contributed by atoms with E-state index in [2.05, 4.69) is 33.9 Å². The third kappa shape index (κ3) is 4.27. The number of benzene rings is 2. The molecule has 0 saturated carbocycles. The Bertz CT molecular complexity index is 606. The summed E-state index contributed by atoms with van der Waals surface area (Å²) in [5, 5.41) is 2.96. The maximum atomic E-state index is 12.1. The second-order valence-corrected chi connectivity index (χ2v) is 6.21. The van der Waals surface area contributed by atoms with E-state index in [4.69, 9.17) is 11.6 Å². The molecule has 2 rings (SSSR count). The molecule has 0 aliphatic carbocycles. The van der Waals surface area contributed by atoms with Crippen molar-refractivity contribution < 1.29 is 4.79 Å². The van der Waals surface area contributed by atoms with Crippen molar-refractivity contribution in [1.29, 1.82) is 0 Å². The van der Waals surface area contributed by atoms with E-state index in [1.54, 1.807) is 18.2 Å². The second-order valence-electron chi connectivity index (χ2n) is 4.32. The van der Waals surface area contributed by atoms with Gasteiger partial charge in [-0.05, 0) is 46.1 Å². The van der Waals surface area contributed by atoms with Crippen LogP contribution >= 0.6 is 40.2 Å². The van der Waals surface area contributed by atoms with Crippen LogP contribution in [0.15, 0.2) is 53.0 Å². The Kier molecular flexibility index (Phi) is 5.52. The van der Waals surface area contributed by atoms with Crippen molar-refractivity contribution in [2.24, 2.45) is 0 Å². The molecule has 1 amide bonds. The molecule has 0 fully saturated rings. The highest BCUT2D eigenvalue weighted by atomic mass is 79.9. The third-order valence-corrected chi connectivity index (χ3v) is 4.41. The summed E-state index contributed by atoms with van der Waals surface area (Å²) in [4.78, 5) is 12.1. The van der Waals surface area contributed by atoms with Crippen LogP contribution in [0, 0.1) is 0 Å². The molecular formula is C15H13BrClNOS. The van der Waals surface area contributed by atoms with Gasteiger partial charge in [0.2, 0.25) is 5.91 Å². The Balaban J connectivity index is 1.99. The fourth-order valence-electron chi connectivity index (χ4n) is 1.73. The third-order valence-electron chi connectivity index (χ3n) is 2.76. The predicted molar refractivity (Wildman–Crippen MR) is 90.7 cm³/mol. The van der Waals surface area contributed by atoms with Crippen LogP contribution in [0.3, 0.4) is 0 Å². The van der Waals surface area contributed by atoms with Crippen molar-refractivity contribution >= 4 is 51.8 Å². The van der Waals surface area contributed by atoms with Crippen LogP contribution < -0.4 is 5.32 Å². The molecule has 2 aromatic carbocycles. The average Bonchev–Trinajstić information content (AvgIpc) is 2.44. The topological polar surface area (TPSA) is 29.1 Å². The average molecular weight is 371 g/mol. The fourth-order valence-corrected chi connectivity index (χ4v) is 2.43. The zero-order valence-corrected chi connectivity index (χ0v) is 13.8. The minimum Gasteiger partial charge on any atom is -0.325 e. The number of anilines is 1. The first-order valence-electron chi connectivity index (χ1n) is 6.04. The van der Waals surface area contributed by atoms with Crippen molar-refractivity contribution in [3.63, 3.8) is 0 Å². The van der Waals surface area contributed by atoms with Crippen LogP contribution in [0.4, 0.5) is 5.69 Å². The van der Waals surface area contributed by atoms with Crippen LogP contribution in [-0.4, -0.2) is 11.2 Å². The fraction of sp³-hybridized carbons (Fsp3) is 0.133. The lowest BCUT2D eigenvalue weighted by Crippen LogP contribution is -2.25. The minimum atomic E-state index is -0.403. The van der Waals surface area contributed by atoms with Crippen LogP contribution in [0.2, 0.25) is 5.02 Å². The molecule has 5 heteroatoms. The van der Waals surface area contributed by atoms with Gasteiger partial charge in [0, 0.05) is 10.2 Å². The minimum absolute atomic E-state index is 0.143. The summed E-state index contributed by atoms with van der Waals surface area (Å²) in [6.07, 6.45) is 0.583. The molecule has 20 heavy (non-hydrogen) atoms. The molecular weight excluding hydrogens is 358 g/mol. The number of amides is 1. The van der Waals surface area contributed by atoms with Crippen LogP contribution in [-0.2, 0) is 11.2 Å². The zero-order chi connectivity index (χ0) is 14.5. The number of carbonyl (C=O) groups excluding carboxylic acids is 1. The summed E-state index contributed by atoms with van der Waals surface area (Å²) >= 11 is 13.7. The summed E-state index contributed by atoms with van der Waals surface area (Å²) in [5.41, 5.74) is 1.74. The Hall–Kier alpha value is -0.970. The highest BCUT2D eigenvalue weighted by molar-refractivity contribution is 9.10. The summed E-state index contributed by atoms with van der Waals surface area (Å²) in [5.74, 6) is -0.143. The van der Waals surface area contributed by atoms with Crippen molar-refractivity contribution in [2.45, 2.75) is 11.7 Å². The molecule has 1 N–H and O–H groups in total. The van der Waals surface area contributed by atoms with Crippen LogP contribution in [0.1, 0.15) is 5.56 Å². The Labute approximate surface area is 137 Å². The number of carbonyl (C=O) groups is 1. The van der Waals surface area contributed by atoms with Crippen LogP contribution in [0.25, 0.3) is 0 Å². The van der Waals surface area contributed by atoms with Gasteiger partial charge in [-0.3, -0.25) is 4.79 Å². The Morgan fingerprint density at radius 2 is 1.95 bits per heavy atom. The standard InChI is InChI=1S/C15H13BrClNOS/c16-12-7-6-11(9-13(12)17)18-15(19)14(20)8-10-4-2-1-3-5-10/h1-7,9,14,20H,8H2,(H,18,19). The van der Waals surface area contributed by atoms with E-state index < -0.39 is 5.25 Å². The molecule has 104 valence electrons. The lowest BCUT2D eigenvalue weighted by Gasteiger charge is -2.12. The Morgan fingerprint density at radius 1 is 1.25 bits per heavy atom. The van der Waals surface area contributed by atoms with Gasteiger partial charge in [-0.25, -0.2) is 0 Å². The largest absolute Gasteiger partial charge is 0.325 e. The molecule has 2 aromatic rings. The van der Waals surface area contributed by atoms with E-state index in [0.717, 1.165) is 10.0 Å². The number of thiol groups is 1. The molecule has 0 spiro atoms. The van der Waals surface area contributed by atoms with E-state index in [0.29, 0.717) is 17.1 Å². The molecule has 0 heterocycles. The summed E-state index contributed by atoms with van der Waals surface area (Å²) in [6.45, 7) is 0. The first-order valence-corrected chi connectivity index (χ1v) is 7.73. The van der Waals surface area contributed by atoms with E-state index in [1.165, 1.54) is 0 Å². The molecule has 0 saturated heterocycles. The molecule has 0 aliphatic rings. The normalized spacial score (nSPS) is 11.9. The van der Waals surface area contributed by atoms with Gasteiger partial charge >= 0.3 is 0 Å². The first kappa shape index (κ1) is 15.4. The monoisotopic (exact) mass is 369 g/mol. The van der Waals surface area contributed by atoms with Gasteiger partial charge in [0.25, 0.3) is 0 Å². The lowest BCUT2D eigenvalue weighted by molar-refractivity contribution is -0.115. The van der Waals surface area contributed by atoms with E-state index in [9.17, 15) is 4.79 Å². The Morgan fingerprint density at radius 3 is 2.60 bits per heavy atom. The second kappa shape index (κ2) is 7.16. The molecule has 0 aliphatic heterocycles. The van der Waals surface area contributed by atoms with E-state index in [-0.39, 0.29) is 5.91 Å². The summed E-state index contributed by atoms with van der Waals surface area (Å²) < 4.78 is 0.795. The van der Waals surface area contributed by atoms with Gasteiger partial charge in [0.15, 0.2) is 0 Å². The zero-order valence-electron chi connectivity index (χ0n) is 10.5. The van der Waals surface area contributed by atoms with Gasteiger partial charge in [-0.15, -0.1) is 0 Å². The van der Waals surface area contributed by atoms with Crippen molar-refractivity contribution in [2.75, 3.05) is 5.32 Å². The molecule has 0 aromatic heterocycles.